The van der Waals surface area contributed by atoms with Crippen LogP contribution in [0.4, 0.5) is 5.82 Å². The van der Waals surface area contributed by atoms with Crippen molar-refractivity contribution in [3.63, 3.8) is 0 Å². The number of aromatic nitrogens is 4. The van der Waals surface area contributed by atoms with Gasteiger partial charge in [-0.25, -0.2) is 9.97 Å². The van der Waals surface area contributed by atoms with E-state index >= 15 is 0 Å². The maximum atomic E-state index is 5.88. The van der Waals surface area contributed by atoms with Gasteiger partial charge in [0.25, 0.3) is 0 Å². The molecular weight excluding hydrogens is 238 g/mol. The molecule has 6 heteroatoms. The minimum atomic E-state index is 0.440. The predicted molar refractivity (Wildman–Crippen MR) is 65.9 cm³/mol. The third kappa shape index (κ3) is 2.68. The molecule has 0 saturated heterocycles. The topological polar surface area (TPSA) is 63.6 Å². The molecule has 0 aromatic carbocycles. The molecular formula is C11H12ClN5. The highest BCUT2D eigenvalue weighted by atomic mass is 35.5. The fraction of sp³-hybridized carbons (Fsp3) is 0.273. The lowest BCUT2D eigenvalue weighted by Gasteiger charge is -2.09. The molecule has 0 radical (unpaired) electrons. The van der Waals surface area contributed by atoms with Gasteiger partial charge in [0.1, 0.15) is 6.33 Å². The maximum absolute atomic E-state index is 5.88. The molecule has 88 valence electrons. The van der Waals surface area contributed by atoms with Gasteiger partial charge in [-0.1, -0.05) is 11.6 Å². The van der Waals surface area contributed by atoms with Crippen molar-refractivity contribution >= 4 is 17.4 Å². The Balaban J connectivity index is 2.13. The molecule has 0 atom stereocenters. The van der Waals surface area contributed by atoms with Gasteiger partial charge in [-0.3, -0.25) is 0 Å². The highest BCUT2D eigenvalue weighted by molar-refractivity contribution is 6.30. The van der Waals surface area contributed by atoms with Gasteiger partial charge in [-0.2, -0.15) is 0 Å². The van der Waals surface area contributed by atoms with Gasteiger partial charge in [0.15, 0.2) is 11.0 Å². The number of halogens is 1. The van der Waals surface area contributed by atoms with Gasteiger partial charge >= 0.3 is 0 Å². The first-order chi connectivity index (χ1) is 8.18. The largest absolute Gasteiger partial charge is 0.363 e. The summed E-state index contributed by atoms with van der Waals surface area (Å²) in [5.41, 5.74) is 2.83. The van der Waals surface area contributed by atoms with E-state index in [1.807, 2.05) is 19.9 Å². The lowest BCUT2D eigenvalue weighted by Crippen LogP contribution is -2.07. The minimum Gasteiger partial charge on any atom is -0.363 e. The molecule has 0 aliphatic rings. The lowest BCUT2D eigenvalue weighted by atomic mass is 10.2. The Morgan fingerprint density at radius 1 is 1.24 bits per heavy atom. The first-order valence-corrected chi connectivity index (χ1v) is 5.54. The van der Waals surface area contributed by atoms with Crippen LogP contribution in [0.15, 0.2) is 18.6 Å². The smallest absolute Gasteiger partial charge is 0.155 e. The summed E-state index contributed by atoms with van der Waals surface area (Å²) >= 11 is 5.88. The fourth-order valence-electron chi connectivity index (χ4n) is 1.34. The van der Waals surface area contributed by atoms with Crippen LogP contribution in [0.1, 0.15) is 16.8 Å². The van der Waals surface area contributed by atoms with Crippen LogP contribution in [-0.4, -0.2) is 20.2 Å². The number of hydrogen-bond acceptors (Lipinski definition) is 5. The Bertz CT molecular complexity index is 515. The second-order valence-electron chi connectivity index (χ2n) is 3.64. The van der Waals surface area contributed by atoms with Gasteiger partial charge in [0, 0.05) is 6.20 Å². The molecule has 0 fully saturated rings. The molecule has 0 bridgehead atoms. The number of anilines is 1. The van der Waals surface area contributed by atoms with Gasteiger partial charge in [-0.15, -0.1) is 10.2 Å². The van der Waals surface area contributed by atoms with Gasteiger partial charge in [0.05, 0.1) is 12.2 Å². The quantitative estimate of drug-likeness (QED) is 0.903. The summed E-state index contributed by atoms with van der Waals surface area (Å²) in [5.74, 6) is 0.727. The highest BCUT2D eigenvalue weighted by Crippen LogP contribution is 2.20. The Morgan fingerprint density at radius 3 is 2.76 bits per heavy atom. The third-order valence-corrected chi connectivity index (χ3v) is 2.90. The summed E-state index contributed by atoms with van der Waals surface area (Å²) in [5, 5.41) is 11.5. The zero-order valence-electron chi connectivity index (χ0n) is 9.61. The Labute approximate surface area is 104 Å². The summed E-state index contributed by atoms with van der Waals surface area (Å²) in [7, 11) is 0. The van der Waals surface area contributed by atoms with Crippen molar-refractivity contribution in [2.45, 2.75) is 20.4 Å². The number of nitrogens with zero attached hydrogens (tertiary/aromatic N) is 4. The van der Waals surface area contributed by atoms with E-state index < -0.39 is 0 Å². The van der Waals surface area contributed by atoms with Crippen molar-refractivity contribution in [3.05, 3.63) is 40.6 Å². The van der Waals surface area contributed by atoms with Crippen LogP contribution in [0, 0.1) is 13.8 Å². The summed E-state index contributed by atoms with van der Waals surface area (Å²) in [4.78, 5) is 7.97. The van der Waals surface area contributed by atoms with Crippen LogP contribution in [0.5, 0.6) is 0 Å². The van der Waals surface area contributed by atoms with Crippen LogP contribution < -0.4 is 5.32 Å². The standard InChI is InChI=1S/C11H12ClN5/c1-7-8(2)11(17-16-10(7)12)14-5-9-3-4-13-6-15-9/h3-4,6H,5H2,1-2H3,(H,14,17). The Morgan fingerprint density at radius 2 is 2.06 bits per heavy atom. The molecule has 2 rings (SSSR count). The highest BCUT2D eigenvalue weighted by Gasteiger charge is 2.07. The first kappa shape index (κ1) is 11.7. The monoisotopic (exact) mass is 249 g/mol. The molecule has 1 N–H and O–H groups in total. The lowest BCUT2D eigenvalue weighted by molar-refractivity contribution is 0.946. The molecule has 0 aliphatic carbocycles. The number of nitrogens with one attached hydrogen (secondary N) is 1. The minimum absolute atomic E-state index is 0.440. The second kappa shape index (κ2) is 5.05. The average molecular weight is 250 g/mol. The van der Waals surface area contributed by atoms with Crippen molar-refractivity contribution < 1.29 is 0 Å². The molecule has 0 aliphatic heterocycles. The van der Waals surface area contributed by atoms with Crippen LogP contribution >= 0.6 is 11.6 Å². The zero-order valence-corrected chi connectivity index (χ0v) is 10.4. The van der Waals surface area contributed by atoms with Crippen LogP contribution in [0.2, 0.25) is 5.15 Å². The first-order valence-electron chi connectivity index (χ1n) is 5.16. The van der Waals surface area contributed by atoms with E-state index in [1.54, 1.807) is 6.20 Å². The van der Waals surface area contributed by atoms with E-state index in [1.165, 1.54) is 6.33 Å². The Kier molecular flexibility index (Phi) is 3.49. The summed E-state index contributed by atoms with van der Waals surface area (Å²) in [6, 6.07) is 1.85. The Hall–Kier alpha value is -1.75. The normalized spacial score (nSPS) is 10.3. The van der Waals surface area contributed by atoms with Crippen molar-refractivity contribution in [1.82, 2.24) is 20.2 Å². The van der Waals surface area contributed by atoms with Gasteiger partial charge in [-0.05, 0) is 31.0 Å². The van der Waals surface area contributed by atoms with Crippen LogP contribution in [0.3, 0.4) is 0 Å². The van der Waals surface area contributed by atoms with Crippen LogP contribution in [0.25, 0.3) is 0 Å². The summed E-state index contributed by atoms with van der Waals surface area (Å²) in [6.45, 7) is 4.46. The van der Waals surface area contributed by atoms with Crippen LogP contribution in [-0.2, 0) is 6.54 Å². The van der Waals surface area contributed by atoms with Crippen molar-refractivity contribution in [2.24, 2.45) is 0 Å². The van der Waals surface area contributed by atoms with Crippen molar-refractivity contribution in [3.8, 4) is 0 Å². The molecule has 17 heavy (non-hydrogen) atoms. The number of hydrogen-bond donors (Lipinski definition) is 1. The number of rotatable bonds is 3. The molecule has 5 nitrogen and oxygen atoms in total. The van der Waals surface area contributed by atoms with Crippen molar-refractivity contribution in [2.75, 3.05) is 5.32 Å². The molecule has 2 aromatic heterocycles. The predicted octanol–water partition coefficient (Wildman–Crippen LogP) is 2.15. The summed E-state index contributed by atoms with van der Waals surface area (Å²) in [6.07, 6.45) is 3.22. The van der Waals surface area contributed by atoms with E-state index in [-0.39, 0.29) is 0 Å². The van der Waals surface area contributed by atoms with Gasteiger partial charge in [0.2, 0.25) is 0 Å². The van der Waals surface area contributed by atoms with E-state index in [9.17, 15) is 0 Å². The zero-order chi connectivity index (χ0) is 12.3. The molecule has 2 heterocycles. The average Bonchev–Trinajstić information content (AvgIpc) is 2.36. The van der Waals surface area contributed by atoms with E-state index in [2.05, 4.69) is 25.5 Å². The third-order valence-electron chi connectivity index (χ3n) is 2.55. The van der Waals surface area contributed by atoms with Crippen molar-refractivity contribution in [1.29, 1.82) is 0 Å². The molecule has 2 aromatic rings. The molecule has 0 amide bonds. The maximum Gasteiger partial charge on any atom is 0.155 e. The van der Waals surface area contributed by atoms with E-state index in [0.29, 0.717) is 11.7 Å². The summed E-state index contributed by atoms with van der Waals surface area (Å²) < 4.78 is 0. The molecule has 0 unspecified atom stereocenters. The second-order valence-corrected chi connectivity index (χ2v) is 4.00. The van der Waals surface area contributed by atoms with E-state index in [4.69, 9.17) is 11.6 Å². The van der Waals surface area contributed by atoms with E-state index in [0.717, 1.165) is 22.6 Å². The SMILES string of the molecule is Cc1c(Cl)nnc(NCc2ccncn2)c1C. The molecule has 0 spiro atoms. The van der Waals surface area contributed by atoms with Gasteiger partial charge < -0.3 is 5.32 Å². The molecule has 0 saturated carbocycles. The fourth-order valence-corrected chi connectivity index (χ4v) is 1.52.